The predicted molar refractivity (Wildman–Crippen MR) is 132 cm³/mol. The van der Waals surface area contributed by atoms with Crippen LogP contribution in [-0.2, 0) is 36.9 Å². The van der Waals surface area contributed by atoms with Crippen LogP contribution < -0.4 is 16.4 Å². The van der Waals surface area contributed by atoms with Gasteiger partial charge in [-0.05, 0) is 42.0 Å². The topological polar surface area (TPSA) is 151 Å². The second-order valence-electron chi connectivity index (χ2n) is 9.51. The van der Waals surface area contributed by atoms with Gasteiger partial charge in [0.1, 0.15) is 5.75 Å². The van der Waals surface area contributed by atoms with Crippen molar-refractivity contribution in [2.45, 2.75) is 57.9 Å². The number of ketones is 1. The number of rotatable bonds is 13. The molecule has 3 rings (SSSR count). The molecule has 1 heterocycles. The fourth-order valence-electron chi connectivity index (χ4n) is 3.97. The number of nitrogens with one attached hydrogen (secondary N) is 2. The summed E-state index contributed by atoms with van der Waals surface area (Å²) in [7, 11) is 0. The van der Waals surface area contributed by atoms with Crippen molar-refractivity contribution in [2.75, 3.05) is 0 Å². The number of primary amides is 1. The second-order valence-corrected chi connectivity index (χ2v) is 9.51. The van der Waals surface area contributed by atoms with Crippen molar-refractivity contribution >= 4 is 23.5 Å². The van der Waals surface area contributed by atoms with Crippen molar-refractivity contribution in [2.24, 2.45) is 17.6 Å². The summed E-state index contributed by atoms with van der Waals surface area (Å²) in [6, 6.07) is 14.9. The molecule has 0 spiro atoms. The molecule has 192 valence electrons. The number of carbonyl (C=O) groups excluding carboxylic acids is 4. The molecule has 0 radical (unpaired) electrons. The van der Waals surface area contributed by atoms with Gasteiger partial charge in [-0.15, -0.1) is 0 Å². The smallest absolute Gasteiger partial charge is 0.253 e. The Morgan fingerprint density at radius 2 is 1.58 bits per heavy atom. The van der Waals surface area contributed by atoms with Crippen LogP contribution in [0.3, 0.4) is 0 Å². The molecule has 0 aromatic heterocycles. The maximum Gasteiger partial charge on any atom is 0.253 e. The Morgan fingerprint density at radius 3 is 2.19 bits per heavy atom. The van der Waals surface area contributed by atoms with E-state index in [-0.39, 0.29) is 30.3 Å². The standard InChI is InChI=1S/C27H33N3O6/c1-16(2)12-21(22(32)14-19(25(28)33)13-17-8-10-20(31)11-9-17)30-27(35)24-23(36-24)26(34)29-15-18-6-4-3-5-7-18/h3-11,16,19,21,23-24,31H,12-15H2,1-2H3,(H2,28,33)(H,29,34)(H,30,35)/t19?,21-,23?,24?/m0/s1. The Hall–Kier alpha value is -3.72. The number of benzene rings is 2. The van der Waals surface area contributed by atoms with E-state index in [1.165, 1.54) is 12.1 Å². The maximum atomic E-state index is 13.1. The molecule has 4 atom stereocenters. The van der Waals surface area contributed by atoms with E-state index < -0.39 is 41.9 Å². The van der Waals surface area contributed by atoms with Crippen LogP contribution in [0.2, 0.25) is 0 Å². The van der Waals surface area contributed by atoms with Gasteiger partial charge in [0, 0.05) is 18.9 Å². The Labute approximate surface area is 210 Å². The Kier molecular flexibility index (Phi) is 9.19. The normalized spacial score (nSPS) is 18.2. The number of nitrogens with two attached hydrogens (primary N) is 1. The highest BCUT2D eigenvalue weighted by atomic mass is 16.6. The summed E-state index contributed by atoms with van der Waals surface area (Å²) in [5.74, 6) is -2.44. The van der Waals surface area contributed by atoms with E-state index in [0.29, 0.717) is 13.0 Å². The number of hydrogen-bond donors (Lipinski definition) is 4. The molecule has 0 saturated carbocycles. The summed E-state index contributed by atoms with van der Waals surface area (Å²) < 4.78 is 5.29. The Bertz CT molecular complexity index is 1070. The van der Waals surface area contributed by atoms with Crippen molar-refractivity contribution < 1.29 is 29.0 Å². The Balaban J connectivity index is 1.56. The molecule has 36 heavy (non-hydrogen) atoms. The highest BCUT2D eigenvalue weighted by molar-refractivity contribution is 5.98. The van der Waals surface area contributed by atoms with Crippen molar-refractivity contribution in [1.82, 2.24) is 10.6 Å². The average molecular weight is 496 g/mol. The van der Waals surface area contributed by atoms with Crippen LogP contribution in [0.5, 0.6) is 5.75 Å². The van der Waals surface area contributed by atoms with Gasteiger partial charge in [-0.1, -0.05) is 56.3 Å². The highest BCUT2D eigenvalue weighted by Gasteiger charge is 2.50. The van der Waals surface area contributed by atoms with Gasteiger partial charge >= 0.3 is 0 Å². The Morgan fingerprint density at radius 1 is 0.944 bits per heavy atom. The lowest BCUT2D eigenvalue weighted by Gasteiger charge is -2.21. The molecule has 2 aromatic rings. The molecule has 5 N–H and O–H groups in total. The fraction of sp³-hybridized carbons (Fsp3) is 0.407. The number of hydrogen-bond acceptors (Lipinski definition) is 6. The summed E-state index contributed by atoms with van der Waals surface area (Å²) in [6.07, 6.45) is -1.41. The van der Waals surface area contributed by atoms with Gasteiger partial charge in [0.25, 0.3) is 11.8 Å². The molecular formula is C27H33N3O6. The van der Waals surface area contributed by atoms with Gasteiger partial charge in [0.05, 0.1) is 6.04 Å². The highest BCUT2D eigenvalue weighted by Crippen LogP contribution is 2.24. The monoisotopic (exact) mass is 495 g/mol. The number of phenolic OH excluding ortho intramolecular Hbond substituents is 1. The summed E-state index contributed by atoms with van der Waals surface area (Å²) in [5.41, 5.74) is 7.23. The third kappa shape index (κ3) is 7.91. The van der Waals surface area contributed by atoms with E-state index in [2.05, 4.69) is 10.6 Å². The third-order valence-corrected chi connectivity index (χ3v) is 6.00. The zero-order valence-corrected chi connectivity index (χ0v) is 20.5. The number of ether oxygens (including phenoxy) is 1. The number of phenols is 1. The first-order chi connectivity index (χ1) is 17.1. The zero-order valence-electron chi connectivity index (χ0n) is 20.5. The third-order valence-electron chi connectivity index (χ3n) is 6.00. The quantitative estimate of drug-likeness (QED) is 0.310. The first-order valence-electron chi connectivity index (χ1n) is 12.0. The van der Waals surface area contributed by atoms with Crippen LogP contribution in [0.1, 0.15) is 37.8 Å². The molecule has 1 aliphatic rings. The number of amides is 3. The molecular weight excluding hydrogens is 462 g/mol. The molecule has 1 aliphatic heterocycles. The summed E-state index contributed by atoms with van der Waals surface area (Å²) in [4.78, 5) is 50.3. The van der Waals surface area contributed by atoms with Gasteiger partial charge in [-0.3, -0.25) is 19.2 Å². The lowest BCUT2D eigenvalue weighted by atomic mass is 9.89. The second kappa shape index (κ2) is 12.3. The first-order valence-corrected chi connectivity index (χ1v) is 12.0. The molecule has 2 aromatic carbocycles. The lowest BCUT2D eigenvalue weighted by Crippen LogP contribution is -2.46. The van der Waals surface area contributed by atoms with Crippen LogP contribution in [0.4, 0.5) is 0 Å². The summed E-state index contributed by atoms with van der Waals surface area (Å²) >= 11 is 0. The van der Waals surface area contributed by atoms with Gasteiger partial charge in [0.2, 0.25) is 5.91 Å². The number of carbonyl (C=O) groups is 4. The van der Waals surface area contributed by atoms with E-state index in [9.17, 15) is 24.3 Å². The number of epoxide rings is 1. The van der Waals surface area contributed by atoms with Crippen LogP contribution in [-0.4, -0.2) is 46.9 Å². The van der Waals surface area contributed by atoms with E-state index in [1.807, 2.05) is 44.2 Å². The predicted octanol–water partition coefficient (Wildman–Crippen LogP) is 1.61. The molecule has 1 fully saturated rings. The molecule has 9 nitrogen and oxygen atoms in total. The van der Waals surface area contributed by atoms with E-state index in [4.69, 9.17) is 10.5 Å². The van der Waals surface area contributed by atoms with E-state index in [1.54, 1.807) is 12.1 Å². The van der Waals surface area contributed by atoms with Crippen LogP contribution in [0.15, 0.2) is 54.6 Å². The van der Waals surface area contributed by atoms with Gasteiger partial charge in [0.15, 0.2) is 18.0 Å². The van der Waals surface area contributed by atoms with Gasteiger partial charge < -0.3 is 26.2 Å². The van der Waals surface area contributed by atoms with Gasteiger partial charge in [-0.25, -0.2) is 0 Å². The number of Topliss-reactive ketones (excluding diaryl/α,β-unsaturated/α-hetero) is 1. The van der Waals surface area contributed by atoms with Crippen molar-refractivity contribution in [3.05, 3.63) is 65.7 Å². The minimum atomic E-state index is -0.966. The minimum absolute atomic E-state index is 0.0912. The largest absolute Gasteiger partial charge is 0.508 e. The van der Waals surface area contributed by atoms with Crippen molar-refractivity contribution in [1.29, 1.82) is 0 Å². The van der Waals surface area contributed by atoms with E-state index in [0.717, 1.165) is 11.1 Å². The molecule has 0 aliphatic carbocycles. The van der Waals surface area contributed by atoms with Crippen LogP contribution in [0, 0.1) is 11.8 Å². The van der Waals surface area contributed by atoms with E-state index >= 15 is 0 Å². The van der Waals surface area contributed by atoms with Gasteiger partial charge in [-0.2, -0.15) is 0 Å². The average Bonchev–Trinajstić information content (AvgIpc) is 3.64. The number of aromatic hydroxyl groups is 1. The van der Waals surface area contributed by atoms with Crippen molar-refractivity contribution in [3.63, 3.8) is 0 Å². The first kappa shape index (κ1) is 26.9. The SMILES string of the molecule is CC(C)C[C@H](NC(=O)C1OC1C(=O)NCc1ccccc1)C(=O)CC(Cc1ccc(O)cc1)C(N)=O. The zero-order chi connectivity index (χ0) is 26.2. The molecule has 9 heteroatoms. The molecule has 0 bridgehead atoms. The van der Waals surface area contributed by atoms with Crippen molar-refractivity contribution in [3.8, 4) is 5.75 Å². The maximum absolute atomic E-state index is 13.1. The van der Waals surface area contributed by atoms with Crippen LogP contribution >= 0.6 is 0 Å². The summed E-state index contributed by atoms with van der Waals surface area (Å²) in [5, 5.41) is 14.9. The van der Waals surface area contributed by atoms with Crippen LogP contribution in [0.25, 0.3) is 0 Å². The fourth-order valence-corrected chi connectivity index (χ4v) is 3.97. The molecule has 3 amide bonds. The molecule has 3 unspecified atom stereocenters. The summed E-state index contributed by atoms with van der Waals surface area (Å²) in [6.45, 7) is 4.15. The minimum Gasteiger partial charge on any atom is -0.508 e. The molecule has 1 saturated heterocycles. The lowest BCUT2D eigenvalue weighted by molar-refractivity contribution is -0.131.